The molecule has 7 heteroatoms. The highest BCUT2D eigenvalue weighted by Gasteiger charge is 2.16. The Balaban J connectivity index is 2.53. The summed E-state index contributed by atoms with van der Waals surface area (Å²) in [5.74, 6) is 0.844. The van der Waals surface area contributed by atoms with Gasteiger partial charge in [0.2, 0.25) is 5.88 Å². The Morgan fingerprint density at radius 1 is 1.29 bits per heavy atom. The summed E-state index contributed by atoms with van der Waals surface area (Å²) < 4.78 is 7.52. The lowest BCUT2D eigenvalue weighted by atomic mass is 10.1. The number of hydrogen-bond acceptors (Lipinski definition) is 4. The lowest BCUT2D eigenvalue weighted by Gasteiger charge is -2.13. The molecule has 0 saturated heterocycles. The average molecular weight is 415 g/mol. The third-order valence-corrected chi connectivity index (χ3v) is 3.89. The first-order valence-corrected chi connectivity index (χ1v) is 7.60. The SMILES string of the molecule is Cc1cc(C)c(C(N)=NO)c(Oc2ccc(Br)cc2Br)n1. The van der Waals surface area contributed by atoms with E-state index >= 15 is 0 Å². The summed E-state index contributed by atoms with van der Waals surface area (Å²) in [6.45, 7) is 3.71. The van der Waals surface area contributed by atoms with Crippen LogP contribution in [-0.2, 0) is 0 Å². The number of nitrogens with two attached hydrogens (primary N) is 1. The molecule has 0 radical (unpaired) electrons. The van der Waals surface area contributed by atoms with E-state index in [0.29, 0.717) is 17.2 Å². The summed E-state index contributed by atoms with van der Waals surface area (Å²) in [7, 11) is 0. The number of ether oxygens (including phenoxy) is 1. The Bertz CT molecular complexity index is 718. The van der Waals surface area contributed by atoms with Crippen molar-refractivity contribution < 1.29 is 9.94 Å². The number of halogens is 2. The largest absolute Gasteiger partial charge is 0.437 e. The molecule has 2 aromatic rings. The predicted molar refractivity (Wildman–Crippen MR) is 88.1 cm³/mol. The van der Waals surface area contributed by atoms with Crippen molar-refractivity contribution in [1.29, 1.82) is 0 Å². The summed E-state index contributed by atoms with van der Waals surface area (Å²) in [4.78, 5) is 4.34. The van der Waals surface area contributed by atoms with Crippen LogP contribution in [0.4, 0.5) is 0 Å². The normalized spacial score (nSPS) is 11.5. The molecule has 2 rings (SSSR count). The van der Waals surface area contributed by atoms with Crippen molar-refractivity contribution in [3.8, 4) is 11.6 Å². The second kappa shape index (κ2) is 6.44. The highest BCUT2D eigenvalue weighted by molar-refractivity contribution is 9.11. The molecule has 0 amide bonds. The summed E-state index contributed by atoms with van der Waals surface area (Å²) in [5.41, 5.74) is 7.80. The van der Waals surface area contributed by atoms with Gasteiger partial charge in [0.25, 0.3) is 0 Å². The molecule has 3 N–H and O–H groups in total. The van der Waals surface area contributed by atoms with Gasteiger partial charge in [-0.1, -0.05) is 21.1 Å². The maximum absolute atomic E-state index is 8.93. The Morgan fingerprint density at radius 2 is 2.00 bits per heavy atom. The molecule has 0 saturated carbocycles. The van der Waals surface area contributed by atoms with Gasteiger partial charge in [0.05, 0.1) is 10.0 Å². The second-order valence-electron chi connectivity index (χ2n) is 4.42. The summed E-state index contributed by atoms with van der Waals surface area (Å²) >= 11 is 6.81. The Labute approximate surface area is 139 Å². The maximum atomic E-state index is 8.93. The number of benzene rings is 1. The highest BCUT2D eigenvalue weighted by Crippen LogP contribution is 2.33. The molecule has 0 atom stereocenters. The highest BCUT2D eigenvalue weighted by atomic mass is 79.9. The molecule has 5 nitrogen and oxygen atoms in total. The van der Waals surface area contributed by atoms with Gasteiger partial charge in [0.1, 0.15) is 5.75 Å². The van der Waals surface area contributed by atoms with Gasteiger partial charge in [-0.2, -0.15) is 0 Å². The summed E-state index contributed by atoms with van der Waals surface area (Å²) in [6, 6.07) is 7.35. The Morgan fingerprint density at radius 3 is 2.62 bits per heavy atom. The van der Waals surface area contributed by atoms with Gasteiger partial charge in [0.15, 0.2) is 5.84 Å². The summed E-state index contributed by atoms with van der Waals surface area (Å²) in [5, 5.41) is 12.0. The van der Waals surface area contributed by atoms with Crippen LogP contribution in [-0.4, -0.2) is 16.0 Å². The van der Waals surface area contributed by atoms with Crippen LogP contribution in [0.25, 0.3) is 0 Å². The molecule has 0 spiro atoms. The van der Waals surface area contributed by atoms with Gasteiger partial charge < -0.3 is 15.7 Å². The van der Waals surface area contributed by atoms with Crippen molar-refractivity contribution in [2.24, 2.45) is 10.9 Å². The zero-order valence-corrected chi connectivity index (χ0v) is 14.6. The van der Waals surface area contributed by atoms with E-state index in [9.17, 15) is 0 Å². The number of amidine groups is 1. The van der Waals surface area contributed by atoms with E-state index in [1.54, 1.807) is 6.07 Å². The fourth-order valence-electron chi connectivity index (χ4n) is 1.90. The molecule has 0 aliphatic carbocycles. The van der Waals surface area contributed by atoms with Gasteiger partial charge in [-0.25, -0.2) is 4.98 Å². The molecule has 1 aromatic carbocycles. The lowest BCUT2D eigenvalue weighted by Crippen LogP contribution is -2.17. The van der Waals surface area contributed by atoms with Crippen LogP contribution >= 0.6 is 31.9 Å². The van der Waals surface area contributed by atoms with E-state index in [1.807, 2.05) is 32.0 Å². The molecule has 110 valence electrons. The van der Waals surface area contributed by atoms with Crippen molar-refractivity contribution >= 4 is 37.7 Å². The van der Waals surface area contributed by atoms with E-state index in [-0.39, 0.29) is 5.84 Å². The van der Waals surface area contributed by atoms with Crippen LogP contribution in [0.5, 0.6) is 11.6 Å². The second-order valence-corrected chi connectivity index (χ2v) is 6.19. The zero-order valence-electron chi connectivity index (χ0n) is 11.4. The van der Waals surface area contributed by atoms with E-state index in [1.165, 1.54) is 0 Å². The summed E-state index contributed by atoms with van der Waals surface area (Å²) in [6.07, 6.45) is 0. The van der Waals surface area contributed by atoms with E-state index < -0.39 is 0 Å². The smallest absolute Gasteiger partial charge is 0.230 e. The third kappa shape index (κ3) is 3.54. The number of pyridine rings is 1. The molecular formula is C14H13Br2N3O2. The molecule has 1 heterocycles. The van der Waals surface area contributed by atoms with E-state index in [4.69, 9.17) is 15.7 Å². The van der Waals surface area contributed by atoms with Crippen LogP contribution in [0.1, 0.15) is 16.8 Å². The van der Waals surface area contributed by atoms with Crippen molar-refractivity contribution in [2.75, 3.05) is 0 Å². The van der Waals surface area contributed by atoms with Crippen LogP contribution in [0.2, 0.25) is 0 Å². The van der Waals surface area contributed by atoms with Crippen molar-refractivity contribution in [3.05, 3.63) is 50.0 Å². The predicted octanol–water partition coefficient (Wildman–Crippen LogP) is 4.11. The van der Waals surface area contributed by atoms with Gasteiger partial charge in [-0.05, 0) is 59.6 Å². The number of rotatable bonds is 3. The molecule has 0 unspecified atom stereocenters. The van der Waals surface area contributed by atoms with Crippen molar-refractivity contribution in [3.63, 3.8) is 0 Å². The number of hydrogen-bond donors (Lipinski definition) is 2. The molecule has 0 bridgehead atoms. The first-order chi connectivity index (χ1) is 9.92. The van der Waals surface area contributed by atoms with Crippen molar-refractivity contribution in [1.82, 2.24) is 4.98 Å². The lowest BCUT2D eigenvalue weighted by molar-refractivity contribution is 0.318. The third-order valence-electron chi connectivity index (χ3n) is 2.78. The molecule has 21 heavy (non-hydrogen) atoms. The fourth-order valence-corrected chi connectivity index (χ4v) is 3.03. The average Bonchev–Trinajstić information content (AvgIpc) is 2.40. The van der Waals surface area contributed by atoms with Crippen molar-refractivity contribution in [2.45, 2.75) is 13.8 Å². The number of nitrogens with zero attached hydrogens (tertiary/aromatic N) is 2. The Kier molecular flexibility index (Phi) is 4.84. The van der Waals surface area contributed by atoms with Gasteiger partial charge in [0, 0.05) is 10.2 Å². The maximum Gasteiger partial charge on any atom is 0.230 e. The number of aromatic nitrogens is 1. The number of aryl methyl sites for hydroxylation is 2. The van der Waals surface area contributed by atoms with E-state index in [0.717, 1.165) is 20.2 Å². The molecule has 0 aliphatic heterocycles. The molecular weight excluding hydrogens is 402 g/mol. The minimum absolute atomic E-state index is 0.0387. The van der Waals surface area contributed by atoms with E-state index in [2.05, 4.69) is 42.0 Å². The monoisotopic (exact) mass is 413 g/mol. The zero-order chi connectivity index (χ0) is 15.6. The molecule has 0 aliphatic rings. The molecule has 0 fully saturated rings. The van der Waals surface area contributed by atoms with Crippen LogP contribution in [0, 0.1) is 13.8 Å². The van der Waals surface area contributed by atoms with Crippen LogP contribution in [0.15, 0.2) is 38.4 Å². The first kappa shape index (κ1) is 15.8. The number of oxime groups is 1. The van der Waals surface area contributed by atoms with Gasteiger partial charge >= 0.3 is 0 Å². The first-order valence-electron chi connectivity index (χ1n) is 6.01. The minimum Gasteiger partial charge on any atom is -0.437 e. The fraction of sp³-hybridized carbons (Fsp3) is 0.143. The van der Waals surface area contributed by atoms with Gasteiger partial charge in [-0.3, -0.25) is 0 Å². The Hall–Kier alpha value is -1.60. The van der Waals surface area contributed by atoms with Gasteiger partial charge in [-0.15, -0.1) is 0 Å². The van der Waals surface area contributed by atoms with Crippen LogP contribution < -0.4 is 10.5 Å². The standard InChI is InChI=1S/C14H13Br2N3O2/c1-7-5-8(2)18-14(12(7)13(17)19-20)21-11-4-3-9(15)6-10(11)16/h3-6,20H,1-2H3,(H2,17,19). The quantitative estimate of drug-likeness (QED) is 0.342. The minimum atomic E-state index is -0.0387. The molecule has 1 aromatic heterocycles. The van der Waals surface area contributed by atoms with Crippen LogP contribution in [0.3, 0.4) is 0 Å². The topological polar surface area (TPSA) is 80.7 Å².